The zero-order valence-electron chi connectivity index (χ0n) is 15.2. The summed E-state index contributed by atoms with van der Waals surface area (Å²) >= 11 is 0. The van der Waals surface area contributed by atoms with Crippen LogP contribution in [-0.4, -0.2) is 16.0 Å². The van der Waals surface area contributed by atoms with Crippen LogP contribution >= 0.6 is 0 Å². The Hall–Kier alpha value is -3.73. The van der Waals surface area contributed by atoms with Gasteiger partial charge in [0.25, 0.3) is 0 Å². The van der Waals surface area contributed by atoms with Crippen molar-refractivity contribution in [2.45, 2.75) is 13.3 Å². The van der Waals surface area contributed by atoms with Crippen LogP contribution in [0.1, 0.15) is 27.2 Å². The van der Waals surface area contributed by atoms with E-state index in [1.165, 1.54) is 18.2 Å². The van der Waals surface area contributed by atoms with Crippen molar-refractivity contribution in [3.63, 3.8) is 0 Å². The number of ether oxygens (including phenoxy) is 1. The first-order chi connectivity index (χ1) is 13.5. The van der Waals surface area contributed by atoms with Crippen molar-refractivity contribution >= 4 is 11.9 Å². The second-order valence-electron chi connectivity index (χ2n) is 6.55. The summed E-state index contributed by atoms with van der Waals surface area (Å²) in [6.07, 6.45) is 3.25. The molecular formula is C23H18O5. The number of benzene rings is 2. The van der Waals surface area contributed by atoms with E-state index >= 15 is 0 Å². The molecule has 1 aliphatic rings. The molecule has 5 heteroatoms. The molecule has 4 rings (SSSR count). The van der Waals surface area contributed by atoms with Crippen LogP contribution in [0, 0.1) is 6.92 Å². The van der Waals surface area contributed by atoms with Crippen molar-refractivity contribution in [2.75, 3.05) is 0 Å². The number of aryl methyl sites for hydroxylation is 1. The van der Waals surface area contributed by atoms with Crippen LogP contribution in [0.2, 0.25) is 0 Å². The third-order valence-electron chi connectivity index (χ3n) is 4.68. The number of allylic oxidation sites excluding steroid dienone is 2. The largest absolute Gasteiger partial charge is 0.507 e. The highest BCUT2D eigenvalue weighted by Crippen LogP contribution is 2.44. The van der Waals surface area contributed by atoms with Crippen molar-refractivity contribution in [3.05, 3.63) is 83.3 Å². The molecular weight excluding hydrogens is 356 g/mol. The fraction of sp³-hybridized carbons (Fsp3) is 0.0870. The zero-order valence-corrected chi connectivity index (χ0v) is 15.2. The van der Waals surface area contributed by atoms with E-state index in [1.54, 1.807) is 6.07 Å². The van der Waals surface area contributed by atoms with Crippen molar-refractivity contribution < 1.29 is 24.2 Å². The predicted molar refractivity (Wildman–Crippen MR) is 105 cm³/mol. The highest BCUT2D eigenvalue weighted by atomic mass is 16.5. The van der Waals surface area contributed by atoms with Crippen LogP contribution in [0.4, 0.5) is 0 Å². The highest BCUT2D eigenvalue weighted by molar-refractivity contribution is 6.16. The van der Waals surface area contributed by atoms with Gasteiger partial charge in [-0.15, -0.1) is 6.58 Å². The molecule has 0 unspecified atom stereocenters. The first kappa shape index (κ1) is 17.7. The summed E-state index contributed by atoms with van der Waals surface area (Å²) in [6, 6.07) is 12.7. The number of carbonyl (C=O) groups is 1. The topological polar surface area (TPSA) is 79.9 Å². The first-order valence-corrected chi connectivity index (χ1v) is 8.78. The maximum atomic E-state index is 12.7. The number of ketones is 1. The molecule has 0 amide bonds. The molecule has 5 nitrogen and oxygen atoms in total. The summed E-state index contributed by atoms with van der Waals surface area (Å²) in [7, 11) is 0. The Labute approximate surface area is 161 Å². The normalized spacial score (nSPS) is 14.2. The van der Waals surface area contributed by atoms with Gasteiger partial charge in [0.05, 0.1) is 0 Å². The van der Waals surface area contributed by atoms with E-state index in [0.29, 0.717) is 11.5 Å². The molecule has 140 valence electrons. The number of Topliss-reactive ketones (excluding diaryl/α,β-unsaturated/α-hetero) is 1. The van der Waals surface area contributed by atoms with Crippen LogP contribution in [-0.2, 0) is 6.42 Å². The van der Waals surface area contributed by atoms with E-state index in [0.717, 1.165) is 11.1 Å². The third-order valence-corrected chi connectivity index (χ3v) is 4.68. The number of hydrogen-bond donors (Lipinski definition) is 2. The summed E-state index contributed by atoms with van der Waals surface area (Å²) in [6.45, 7) is 5.59. The van der Waals surface area contributed by atoms with E-state index in [4.69, 9.17) is 9.15 Å². The Morgan fingerprint density at radius 1 is 1.14 bits per heavy atom. The summed E-state index contributed by atoms with van der Waals surface area (Å²) in [5.74, 6) is 0.363. The fourth-order valence-corrected chi connectivity index (χ4v) is 3.25. The smallest absolute Gasteiger partial charge is 0.235 e. The van der Waals surface area contributed by atoms with Crippen LogP contribution < -0.4 is 4.74 Å². The van der Waals surface area contributed by atoms with Gasteiger partial charge in [-0.1, -0.05) is 30.3 Å². The molecule has 0 saturated carbocycles. The minimum absolute atomic E-state index is 0.0196. The minimum atomic E-state index is -0.466. The van der Waals surface area contributed by atoms with E-state index in [2.05, 4.69) is 6.58 Å². The van der Waals surface area contributed by atoms with Gasteiger partial charge in [0.15, 0.2) is 5.76 Å². The summed E-state index contributed by atoms with van der Waals surface area (Å²) in [5.41, 5.74) is 2.32. The zero-order chi connectivity index (χ0) is 19.8. The number of fused-ring (bicyclic) bond motifs is 1. The molecule has 28 heavy (non-hydrogen) atoms. The van der Waals surface area contributed by atoms with Crippen LogP contribution in [0.3, 0.4) is 0 Å². The summed E-state index contributed by atoms with van der Waals surface area (Å²) < 4.78 is 11.4. The quantitative estimate of drug-likeness (QED) is 0.496. The molecule has 0 atom stereocenters. The van der Waals surface area contributed by atoms with E-state index in [9.17, 15) is 15.0 Å². The van der Waals surface area contributed by atoms with E-state index in [1.807, 2.05) is 37.3 Å². The standard InChI is InChI=1S/C23H18O5/c1-3-6-16-17(24)12-19-21(22(16)25)23(26)20(28-19)11-14-9-10-18(27-14)15-8-5-4-7-13(15)2/h3-5,7-12,24-25H,1,6H2,2H3/b20-11-. The molecule has 0 radical (unpaired) electrons. The molecule has 0 aliphatic carbocycles. The van der Waals surface area contributed by atoms with Gasteiger partial charge in [0.2, 0.25) is 5.78 Å². The average molecular weight is 374 g/mol. The molecule has 1 aromatic heterocycles. The summed E-state index contributed by atoms with van der Waals surface area (Å²) in [4.78, 5) is 12.7. The van der Waals surface area contributed by atoms with Crippen LogP contribution in [0.15, 0.2) is 65.3 Å². The number of rotatable bonds is 4. The second kappa shape index (κ2) is 6.78. The first-order valence-electron chi connectivity index (χ1n) is 8.78. The Balaban J connectivity index is 1.69. The number of furan rings is 1. The molecule has 1 aliphatic heterocycles. The molecule has 3 aromatic rings. The van der Waals surface area contributed by atoms with Crippen molar-refractivity contribution in [1.82, 2.24) is 0 Å². The second-order valence-corrected chi connectivity index (χ2v) is 6.55. The van der Waals surface area contributed by atoms with Gasteiger partial charge >= 0.3 is 0 Å². The van der Waals surface area contributed by atoms with E-state index < -0.39 is 5.78 Å². The number of aromatic hydroxyl groups is 2. The predicted octanol–water partition coefficient (Wildman–Crippen LogP) is 5.01. The van der Waals surface area contributed by atoms with Gasteiger partial charge in [-0.3, -0.25) is 4.79 Å². The van der Waals surface area contributed by atoms with Crippen LogP contribution in [0.25, 0.3) is 17.4 Å². The molecule has 0 saturated heterocycles. The number of phenolic OH excluding ortho intramolecular Hbond substituents is 2. The third kappa shape index (κ3) is 2.87. The van der Waals surface area contributed by atoms with Crippen molar-refractivity contribution in [3.8, 4) is 28.6 Å². The molecule has 0 bridgehead atoms. The van der Waals surface area contributed by atoms with Crippen molar-refractivity contribution in [2.24, 2.45) is 0 Å². The molecule has 2 aromatic carbocycles. The van der Waals surface area contributed by atoms with Gasteiger partial charge < -0.3 is 19.4 Å². The lowest BCUT2D eigenvalue weighted by atomic mass is 10.0. The Morgan fingerprint density at radius 3 is 2.68 bits per heavy atom. The Bertz CT molecular complexity index is 1130. The Morgan fingerprint density at radius 2 is 1.93 bits per heavy atom. The van der Waals surface area contributed by atoms with Crippen LogP contribution in [0.5, 0.6) is 17.2 Å². The molecule has 0 spiro atoms. The lowest BCUT2D eigenvalue weighted by Crippen LogP contribution is -1.99. The fourth-order valence-electron chi connectivity index (χ4n) is 3.25. The molecule has 2 N–H and O–H groups in total. The van der Waals surface area contributed by atoms with E-state index in [-0.39, 0.29) is 40.6 Å². The van der Waals surface area contributed by atoms with Gasteiger partial charge in [-0.2, -0.15) is 0 Å². The number of hydrogen-bond acceptors (Lipinski definition) is 5. The summed E-state index contributed by atoms with van der Waals surface area (Å²) in [5, 5.41) is 20.5. The molecule has 2 heterocycles. The van der Waals surface area contributed by atoms with Gasteiger partial charge in [0, 0.05) is 23.3 Å². The van der Waals surface area contributed by atoms with Gasteiger partial charge in [-0.05, 0) is 31.0 Å². The molecule has 0 fully saturated rings. The van der Waals surface area contributed by atoms with Gasteiger partial charge in [0.1, 0.15) is 34.3 Å². The lowest BCUT2D eigenvalue weighted by molar-refractivity contribution is 0.101. The van der Waals surface area contributed by atoms with Crippen molar-refractivity contribution in [1.29, 1.82) is 0 Å². The monoisotopic (exact) mass is 374 g/mol. The van der Waals surface area contributed by atoms with Gasteiger partial charge in [-0.25, -0.2) is 0 Å². The maximum absolute atomic E-state index is 12.7. The average Bonchev–Trinajstić information content (AvgIpc) is 3.24. The Kier molecular flexibility index (Phi) is 4.28. The number of carbonyl (C=O) groups excluding carboxylic acids is 1. The maximum Gasteiger partial charge on any atom is 0.235 e. The SMILES string of the molecule is C=CCc1c(O)cc2c(c1O)C(=O)/C(=C/c1ccc(-c3ccccc3C)o1)O2. The highest BCUT2D eigenvalue weighted by Gasteiger charge is 2.33. The number of phenols is 2. The lowest BCUT2D eigenvalue weighted by Gasteiger charge is -2.07. The minimum Gasteiger partial charge on any atom is -0.507 e.